The van der Waals surface area contributed by atoms with Crippen molar-refractivity contribution in [2.24, 2.45) is 0 Å². The third-order valence-corrected chi connectivity index (χ3v) is 4.37. The van der Waals surface area contributed by atoms with Gasteiger partial charge in [-0.3, -0.25) is 19.7 Å². The van der Waals surface area contributed by atoms with Crippen molar-refractivity contribution < 1.29 is 18.9 Å². The molecule has 0 bridgehead atoms. The van der Waals surface area contributed by atoms with Crippen LogP contribution in [0, 0.1) is 10.1 Å². The molecule has 0 unspecified atom stereocenters. The van der Waals surface area contributed by atoms with Crippen LogP contribution in [0.15, 0.2) is 64.2 Å². The van der Waals surface area contributed by atoms with E-state index < -0.39 is 4.92 Å². The van der Waals surface area contributed by atoms with Gasteiger partial charge in [-0.25, -0.2) is 0 Å². The summed E-state index contributed by atoms with van der Waals surface area (Å²) in [5, 5.41) is 23.8. The fraction of sp³-hybridized carbons (Fsp3) is 0.111. The van der Waals surface area contributed by atoms with E-state index in [2.05, 4.69) is 20.8 Å². The van der Waals surface area contributed by atoms with Crippen molar-refractivity contribution in [1.82, 2.24) is 15.5 Å². The molecule has 0 saturated heterocycles. The third kappa shape index (κ3) is 5.87. The van der Waals surface area contributed by atoms with Crippen LogP contribution >= 0.6 is 11.8 Å². The monoisotopic (exact) mass is 413 g/mol. The standard InChI is InChI=1S/C18H15N5O5S/c24-15(20-13-7-4-8-14(9-13)23(26)27)11-29-18-22-21-16(28-18)10-19-17(25)12-5-2-1-3-6-12/h1-9H,10-11H2,(H,19,25)(H,20,24). The summed E-state index contributed by atoms with van der Waals surface area (Å²) in [5.74, 6) is -0.474. The SMILES string of the molecule is O=C(CSc1nnc(CNC(=O)c2ccccc2)o1)Nc1cccc([N+](=O)[O-])c1. The van der Waals surface area contributed by atoms with E-state index in [1.807, 2.05) is 6.07 Å². The Morgan fingerprint density at radius 2 is 1.90 bits per heavy atom. The van der Waals surface area contributed by atoms with Crippen LogP contribution in [0.5, 0.6) is 0 Å². The summed E-state index contributed by atoms with van der Waals surface area (Å²) in [6, 6.07) is 14.3. The molecule has 0 radical (unpaired) electrons. The topological polar surface area (TPSA) is 140 Å². The number of nitro benzene ring substituents is 1. The lowest BCUT2D eigenvalue weighted by atomic mass is 10.2. The lowest BCUT2D eigenvalue weighted by Gasteiger charge is -2.03. The number of nitro groups is 1. The highest BCUT2D eigenvalue weighted by molar-refractivity contribution is 7.99. The number of aromatic nitrogens is 2. The molecule has 2 N–H and O–H groups in total. The molecule has 0 aliphatic rings. The number of non-ortho nitro benzene ring substituents is 1. The Morgan fingerprint density at radius 3 is 2.66 bits per heavy atom. The molecular formula is C18H15N5O5S. The van der Waals surface area contributed by atoms with E-state index in [1.165, 1.54) is 18.2 Å². The predicted octanol–water partition coefficient (Wildman–Crippen LogP) is 2.64. The van der Waals surface area contributed by atoms with E-state index in [1.54, 1.807) is 30.3 Å². The first kappa shape index (κ1) is 20.0. The van der Waals surface area contributed by atoms with E-state index in [0.717, 1.165) is 11.8 Å². The van der Waals surface area contributed by atoms with Crippen LogP contribution in [-0.4, -0.2) is 32.7 Å². The maximum Gasteiger partial charge on any atom is 0.277 e. The average Bonchev–Trinajstić information content (AvgIpc) is 3.19. The van der Waals surface area contributed by atoms with Gasteiger partial charge in [0.2, 0.25) is 11.8 Å². The lowest BCUT2D eigenvalue weighted by molar-refractivity contribution is -0.384. The van der Waals surface area contributed by atoms with Gasteiger partial charge in [0.05, 0.1) is 17.2 Å². The Kier molecular flexibility index (Phi) is 6.53. The Morgan fingerprint density at radius 1 is 1.10 bits per heavy atom. The van der Waals surface area contributed by atoms with Crippen molar-refractivity contribution in [3.05, 3.63) is 76.2 Å². The number of benzene rings is 2. The van der Waals surface area contributed by atoms with Gasteiger partial charge in [0, 0.05) is 23.4 Å². The van der Waals surface area contributed by atoms with Crippen molar-refractivity contribution in [2.45, 2.75) is 11.8 Å². The highest BCUT2D eigenvalue weighted by Crippen LogP contribution is 2.19. The Balaban J connectivity index is 1.46. The fourth-order valence-corrected chi connectivity index (χ4v) is 2.82. The van der Waals surface area contributed by atoms with E-state index in [4.69, 9.17) is 4.42 Å². The van der Waals surface area contributed by atoms with Gasteiger partial charge in [-0.2, -0.15) is 0 Å². The number of hydrogen-bond donors (Lipinski definition) is 2. The summed E-state index contributed by atoms with van der Waals surface area (Å²) in [6.45, 7) is 0.0567. The van der Waals surface area contributed by atoms with Gasteiger partial charge in [0.15, 0.2) is 0 Å². The average molecular weight is 413 g/mol. The van der Waals surface area contributed by atoms with Gasteiger partial charge in [0.1, 0.15) is 0 Å². The summed E-state index contributed by atoms with van der Waals surface area (Å²) >= 11 is 1.01. The van der Waals surface area contributed by atoms with Crippen LogP contribution in [0.4, 0.5) is 11.4 Å². The fourth-order valence-electron chi connectivity index (χ4n) is 2.24. The minimum atomic E-state index is -0.541. The second-order valence-electron chi connectivity index (χ2n) is 5.65. The first-order chi connectivity index (χ1) is 14.0. The largest absolute Gasteiger partial charge is 0.414 e. The minimum Gasteiger partial charge on any atom is -0.414 e. The van der Waals surface area contributed by atoms with Crippen LogP contribution in [0.1, 0.15) is 16.2 Å². The molecule has 2 aromatic carbocycles. The molecule has 0 aliphatic carbocycles. The zero-order chi connectivity index (χ0) is 20.6. The number of nitrogens with zero attached hydrogens (tertiary/aromatic N) is 3. The van der Waals surface area contributed by atoms with E-state index in [-0.39, 0.29) is 40.9 Å². The van der Waals surface area contributed by atoms with Gasteiger partial charge in [-0.1, -0.05) is 36.0 Å². The highest BCUT2D eigenvalue weighted by Gasteiger charge is 2.13. The Bertz CT molecular complexity index is 1020. The minimum absolute atomic E-state index is 0.0271. The van der Waals surface area contributed by atoms with Crippen LogP contribution < -0.4 is 10.6 Å². The number of carbonyl (C=O) groups excluding carboxylic acids is 2. The van der Waals surface area contributed by atoms with Crippen LogP contribution in [0.3, 0.4) is 0 Å². The maximum absolute atomic E-state index is 12.0. The smallest absolute Gasteiger partial charge is 0.277 e. The number of rotatable bonds is 8. The zero-order valence-electron chi connectivity index (χ0n) is 14.9. The van der Waals surface area contributed by atoms with E-state index >= 15 is 0 Å². The number of carbonyl (C=O) groups is 2. The quantitative estimate of drug-likeness (QED) is 0.326. The zero-order valence-corrected chi connectivity index (χ0v) is 15.7. The maximum atomic E-state index is 12.0. The predicted molar refractivity (Wildman–Crippen MR) is 104 cm³/mol. The molecule has 1 heterocycles. The first-order valence-electron chi connectivity index (χ1n) is 8.34. The second-order valence-corrected chi connectivity index (χ2v) is 6.58. The molecule has 148 valence electrons. The Hall–Kier alpha value is -3.73. The number of thioether (sulfide) groups is 1. The first-order valence-corrected chi connectivity index (χ1v) is 9.32. The normalized spacial score (nSPS) is 10.3. The van der Waals surface area contributed by atoms with Crippen LogP contribution in [0.2, 0.25) is 0 Å². The summed E-state index contributed by atoms with van der Waals surface area (Å²) in [7, 11) is 0. The molecule has 0 saturated carbocycles. The van der Waals surface area contributed by atoms with Crippen molar-refractivity contribution in [1.29, 1.82) is 0 Å². The third-order valence-electron chi connectivity index (χ3n) is 3.55. The molecule has 3 aromatic rings. The highest BCUT2D eigenvalue weighted by atomic mass is 32.2. The van der Waals surface area contributed by atoms with Gasteiger partial charge in [-0.05, 0) is 18.2 Å². The van der Waals surface area contributed by atoms with E-state index in [9.17, 15) is 19.7 Å². The van der Waals surface area contributed by atoms with Gasteiger partial charge < -0.3 is 15.1 Å². The molecular weight excluding hydrogens is 398 g/mol. The summed E-state index contributed by atoms with van der Waals surface area (Å²) in [6.07, 6.45) is 0. The van der Waals surface area contributed by atoms with Gasteiger partial charge in [0.25, 0.3) is 16.8 Å². The van der Waals surface area contributed by atoms with Gasteiger partial charge >= 0.3 is 0 Å². The van der Waals surface area contributed by atoms with Gasteiger partial charge in [-0.15, -0.1) is 10.2 Å². The number of anilines is 1. The second kappa shape index (κ2) is 9.46. The number of nitrogens with one attached hydrogen (secondary N) is 2. The molecule has 2 amide bonds. The van der Waals surface area contributed by atoms with Crippen LogP contribution in [-0.2, 0) is 11.3 Å². The molecule has 11 heteroatoms. The Labute approximate surface area is 168 Å². The molecule has 0 spiro atoms. The lowest BCUT2D eigenvalue weighted by Crippen LogP contribution is -2.22. The summed E-state index contributed by atoms with van der Waals surface area (Å²) < 4.78 is 5.38. The van der Waals surface area contributed by atoms with Crippen molar-refractivity contribution >= 4 is 35.0 Å². The molecule has 0 fully saturated rings. The molecule has 10 nitrogen and oxygen atoms in total. The van der Waals surface area contributed by atoms with Crippen molar-refractivity contribution in [2.75, 3.05) is 11.1 Å². The molecule has 1 aromatic heterocycles. The van der Waals surface area contributed by atoms with Crippen molar-refractivity contribution in [3.8, 4) is 0 Å². The summed E-state index contributed by atoms with van der Waals surface area (Å²) in [4.78, 5) is 34.2. The number of hydrogen-bond acceptors (Lipinski definition) is 8. The van der Waals surface area contributed by atoms with E-state index in [0.29, 0.717) is 11.3 Å². The molecule has 29 heavy (non-hydrogen) atoms. The molecule has 0 atom stereocenters. The molecule has 3 rings (SSSR count). The van der Waals surface area contributed by atoms with Crippen LogP contribution in [0.25, 0.3) is 0 Å². The molecule has 0 aliphatic heterocycles. The van der Waals surface area contributed by atoms with Crippen molar-refractivity contribution in [3.63, 3.8) is 0 Å². The number of amides is 2. The summed E-state index contributed by atoms with van der Waals surface area (Å²) in [5.41, 5.74) is 0.716.